The summed E-state index contributed by atoms with van der Waals surface area (Å²) >= 11 is 0. The molecule has 2 aromatic rings. The maximum Gasteiger partial charge on any atom is 0.0762 e. The van der Waals surface area contributed by atoms with Crippen molar-refractivity contribution in [3.63, 3.8) is 0 Å². The highest BCUT2D eigenvalue weighted by molar-refractivity contribution is 5.87. The Bertz CT molecular complexity index is 536. The van der Waals surface area contributed by atoms with Crippen molar-refractivity contribution in [1.82, 2.24) is 10.2 Å². The van der Waals surface area contributed by atoms with Gasteiger partial charge >= 0.3 is 0 Å². The fraction of sp³-hybridized carbons (Fsp3) is 0.467. The Morgan fingerprint density at radius 2 is 1.53 bits per heavy atom. The van der Waals surface area contributed by atoms with Crippen LogP contribution in [0.15, 0.2) is 24.3 Å². The van der Waals surface area contributed by atoms with Crippen molar-refractivity contribution >= 4 is 10.8 Å². The van der Waals surface area contributed by atoms with E-state index in [1.807, 2.05) is 0 Å². The molecule has 0 atom stereocenters. The van der Waals surface area contributed by atoms with Gasteiger partial charge in [0.05, 0.1) is 11.4 Å². The molecule has 0 aliphatic carbocycles. The molecule has 0 bridgehead atoms. The Morgan fingerprint density at radius 1 is 0.941 bits per heavy atom. The summed E-state index contributed by atoms with van der Waals surface area (Å²) in [5.41, 5.74) is 2.20. The molecule has 0 fully saturated rings. The summed E-state index contributed by atoms with van der Waals surface area (Å²) in [6.07, 6.45) is 0. The first-order valence-electron chi connectivity index (χ1n) is 6.17. The number of aromatic nitrogens is 2. The molecule has 0 aliphatic rings. The van der Waals surface area contributed by atoms with E-state index in [1.54, 1.807) is 0 Å². The summed E-state index contributed by atoms with van der Waals surface area (Å²) in [6.45, 7) is 10.9. The van der Waals surface area contributed by atoms with Crippen LogP contribution in [0.25, 0.3) is 10.8 Å². The molecule has 0 aliphatic heterocycles. The van der Waals surface area contributed by atoms with Gasteiger partial charge in [-0.2, -0.15) is 10.2 Å². The number of fused-ring (bicyclic) bond motifs is 1. The second-order valence-electron chi connectivity index (χ2n) is 5.88. The van der Waals surface area contributed by atoms with E-state index < -0.39 is 0 Å². The molecule has 2 nitrogen and oxygen atoms in total. The lowest BCUT2D eigenvalue weighted by atomic mass is 9.88. The van der Waals surface area contributed by atoms with Gasteiger partial charge in [-0.05, 0) is 5.92 Å². The standard InChI is InChI=1S/C15H20N2/c1-10(2)13-11-8-6-7-9-12(11)14(17-16-13)15(3,4)5/h6-10H,1-5H3. The van der Waals surface area contributed by atoms with E-state index in [4.69, 9.17) is 0 Å². The summed E-state index contributed by atoms with van der Waals surface area (Å²) in [5.74, 6) is 0.404. The summed E-state index contributed by atoms with van der Waals surface area (Å²) in [5, 5.41) is 11.3. The molecule has 2 rings (SSSR count). The Labute approximate surface area is 103 Å². The largest absolute Gasteiger partial charge is 0.154 e. The average Bonchev–Trinajstić information content (AvgIpc) is 2.26. The van der Waals surface area contributed by atoms with E-state index in [0.29, 0.717) is 5.92 Å². The summed E-state index contributed by atoms with van der Waals surface area (Å²) in [4.78, 5) is 0. The first-order chi connectivity index (χ1) is 7.91. The highest BCUT2D eigenvalue weighted by Crippen LogP contribution is 2.30. The number of rotatable bonds is 1. The third kappa shape index (κ3) is 2.17. The van der Waals surface area contributed by atoms with Crippen molar-refractivity contribution in [3.8, 4) is 0 Å². The lowest BCUT2D eigenvalue weighted by Gasteiger charge is -2.20. The van der Waals surface area contributed by atoms with Gasteiger partial charge in [0.15, 0.2) is 0 Å². The van der Waals surface area contributed by atoms with Crippen molar-refractivity contribution in [2.24, 2.45) is 0 Å². The van der Waals surface area contributed by atoms with Gasteiger partial charge in [-0.3, -0.25) is 0 Å². The molecule has 2 heteroatoms. The Balaban J connectivity index is 2.80. The zero-order valence-electron chi connectivity index (χ0n) is 11.3. The quantitative estimate of drug-likeness (QED) is 0.736. The van der Waals surface area contributed by atoms with Gasteiger partial charge in [0.2, 0.25) is 0 Å². The lowest BCUT2D eigenvalue weighted by Crippen LogP contribution is -2.16. The van der Waals surface area contributed by atoms with E-state index in [-0.39, 0.29) is 5.41 Å². The molecular weight excluding hydrogens is 208 g/mol. The minimum Gasteiger partial charge on any atom is -0.154 e. The lowest BCUT2D eigenvalue weighted by molar-refractivity contribution is 0.562. The Hall–Kier alpha value is -1.44. The molecule has 0 saturated heterocycles. The topological polar surface area (TPSA) is 25.8 Å². The molecule has 0 amide bonds. The van der Waals surface area contributed by atoms with Crippen molar-refractivity contribution < 1.29 is 0 Å². The van der Waals surface area contributed by atoms with Gasteiger partial charge in [0.25, 0.3) is 0 Å². The first-order valence-corrected chi connectivity index (χ1v) is 6.17. The zero-order valence-corrected chi connectivity index (χ0v) is 11.3. The predicted octanol–water partition coefficient (Wildman–Crippen LogP) is 4.05. The monoisotopic (exact) mass is 228 g/mol. The molecule has 0 unspecified atom stereocenters. The third-order valence-corrected chi connectivity index (χ3v) is 2.97. The minimum absolute atomic E-state index is 0.0299. The molecule has 1 heterocycles. The number of benzene rings is 1. The second kappa shape index (κ2) is 4.10. The predicted molar refractivity (Wildman–Crippen MR) is 72.3 cm³/mol. The molecular formula is C15H20N2. The van der Waals surface area contributed by atoms with E-state index in [2.05, 4.69) is 69.1 Å². The van der Waals surface area contributed by atoms with Gasteiger partial charge in [-0.1, -0.05) is 58.9 Å². The SMILES string of the molecule is CC(C)c1nnc(C(C)(C)C)c2ccccc12. The van der Waals surface area contributed by atoms with Crippen LogP contribution >= 0.6 is 0 Å². The fourth-order valence-corrected chi connectivity index (χ4v) is 2.11. The number of nitrogens with zero attached hydrogens (tertiary/aromatic N) is 2. The summed E-state index contributed by atoms with van der Waals surface area (Å²) < 4.78 is 0. The minimum atomic E-state index is 0.0299. The summed E-state index contributed by atoms with van der Waals surface area (Å²) in [7, 11) is 0. The molecule has 0 N–H and O–H groups in total. The van der Waals surface area contributed by atoms with Crippen molar-refractivity contribution in [2.45, 2.75) is 46.0 Å². The highest BCUT2D eigenvalue weighted by Gasteiger charge is 2.21. The molecule has 0 spiro atoms. The van der Waals surface area contributed by atoms with E-state index >= 15 is 0 Å². The van der Waals surface area contributed by atoms with Crippen LogP contribution in [0.4, 0.5) is 0 Å². The Morgan fingerprint density at radius 3 is 2.06 bits per heavy atom. The van der Waals surface area contributed by atoms with Crippen molar-refractivity contribution in [2.75, 3.05) is 0 Å². The van der Waals surface area contributed by atoms with Crippen LogP contribution in [0, 0.1) is 0 Å². The van der Waals surface area contributed by atoms with E-state index in [0.717, 1.165) is 11.4 Å². The molecule has 0 saturated carbocycles. The van der Waals surface area contributed by atoms with Gasteiger partial charge in [0, 0.05) is 16.2 Å². The molecule has 1 aromatic carbocycles. The smallest absolute Gasteiger partial charge is 0.0762 e. The van der Waals surface area contributed by atoms with Crippen molar-refractivity contribution in [3.05, 3.63) is 35.7 Å². The molecule has 0 radical (unpaired) electrons. The highest BCUT2D eigenvalue weighted by atomic mass is 15.1. The summed E-state index contributed by atoms with van der Waals surface area (Å²) in [6, 6.07) is 8.44. The van der Waals surface area contributed by atoms with Gasteiger partial charge in [0.1, 0.15) is 0 Å². The van der Waals surface area contributed by atoms with Crippen LogP contribution in [-0.4, -0.2) is 10.2 Å². The average molecular weight is 228 g/mol. The van der Waals surface area contributed by atoms with Crippen molar-refractivity contribution in [1.29, 1.82) is 0 Å². The van der Waals surface area contributed by atoms with Gasteiger partial charge in [-0.15, -0.1) is 0 Å². The molecule has 90 valence electrons. The van der Waals surface area contributed by atoms with Gasteiger partial charge in [-0.25, -0.2) is 0 Å². The second-order valence-corrected chi connectivity index (χ2v) is 5.88. The third-order valence-electron chi connectivity index (χ3n) is 2.97. The van der Waals surface area contributed by atoms with Crippen LogP contribution in [-0.2, 0) is 5.41 Å². The number of hydrogen-bond donors (Lipinski definition) is 0. The van der Waals surface area contributed by atoms with Gasteiger partial charge < -0.3 is 0 Å². The maximum atomic E-state index is 4.45. The maximum absolute atomic E-state index is 4.45. The fourth-order valence-electron chi connectivity index (χ4n) is 2.11. The number of hydrogen-bond acceptors (Lipinski definition) is 2. The van der Waals surface area contributed by atoms with Crippen LogP contribution in [0.5, 0.6) is 0 Å². The zero-order chi connectivity index (χ0) is 12.6. The molecule has 1 aromatic heterocycles. The van der Waals surface area contributed by atoms with Crippen LogP contribution in [0.1, 0.15) is 51.9 Å². The Kier molecular flexibility index (Phi) is 2.90. The van der Waals surface area contributed by atoms with Crippen LogP contribution in [0.3, 0.4) is 0 Å². The van der Waals surface area contributed by atoms with Crippen LogP contribution < -0.4 is 0 Å². The first kappa shape index (κ1) is 12.0. The van der Waals surface area contributed by atoms with E-state index in [9.17, 15) is 0 Å². The van der Waals surface area contributed by atoms with E-state index in [1.165, 1.54) is 10.8 Å². The van der Waals surface area contributed by atoms with Crippen LogP contribution in [0.2, 0.25) is 0 Å². The normalized spacial score (nSPS) is 12.4. The molecule has 17 heavy (non-hydrogen) atoms.